The fourth-order valence-corrected chi connectivity index (χ4v) is 13.1. The summed E-state index contributed by atoms with van der Waals surface area (Å²) in [7, 11) is 0. The van der Waals surface area contributed by atoms with Gasteiger partial charge in [0.25, 0.3) is 0 Å². The molecule has 23 heteroatoms. The average Bonchev–Trinajstić information content (AvgIpc) is 3.75. The van der Waals surface area contributed by atoms with E-state index in [1.807, 2.05) is 13.8 Å². The molecule has 6 fully saturated rings. The number of hydrogen-bond donors (Lipinski definition) is 14. The molecule has 4 aliphatic carbocycles. The molecular formula is C51H80O23. The minimum atomic E-state index is -1.92. The summed E-state index contributed by atoms with van der Waals surface area (Å²) in [4.78, 5) is 13.8. The van der Waals surface area contributed by atoms with Crippen LogP contribution in [0.3, 0.4) is 0 Å². The van der Waals surface area contributed by atoms with E-state index in [0.717, 1.165) is 31.3 Å². The number of ketones is 1. The smallest absolute Gasteiger partial charge is 0.187 e. The summed E-state index contributed by atoms with van der Waals surface area (Å²) in [6.07, 6.45) is -20.7. The molecule has 0 bridgehead atoms. The summed E-state index contributed by atoms with van der Waals surface area (Å²) >= 11 is 0. The summed E-state index contributed by atoms with van der Waals surface area (Å²) in [5, 5.41) is 146. The van der Waals surface area contributed by atoms with E-state index < -0.39 is 155 Å². The summed E-state index contributed by atoms with van der Waals surface area (Å²) in [5.74, 6) is 0.275. The van der Waals surface area contributed by atoms with Gasteiger partial charge in [0, 0.05) is 17.8 Å². The Morgan fingerprint density at radius 3 is 1.78 bits per heavy atom. The lowest BCUT2D eigenvalue weighted by Crippen LogP contribution is -2.67. The van der Waals surface area contributed by atoms with Crippen molar-refractivity contribution in [3.05, 3.63) is 34.9 Å². The monoisotopic (exact) mass is 1060 g/mol. The van der Waals surface area contributed by atoms with Crippen molar-refractivity contribution < 1.29 is 114 Å². The van der Waals surface area contributed by atoms with Gasteiger partial charge in [-0.25, -0.2) is 0 Å². The Labute approximate surface area is 429 Å². The minimum Gasteiger partial charge on any atom is -0.394 e. The van der Waals surface area contributed by atoms with Crippen LogP contribution in [-0.2, 0) is 42.7 Å². The zero-order chi connectivity index (χ0) is 53.7. The minimum absolute atomic E-state index is 0.0939. The van der Waals surface area contributed by atoms with Gasteiger partial charge in [0.05, 0.1) is 39.1 Å². The highest BCUT2D eigenvalue weighted by Gasteiger charge is 2.58. The van der Waals surface area contributed by atoms with Crippen LogP contribution in [0, 0.1) is 34.5 Å². The van der Waals surface area contributed by atoms with Crippen molar-refractivity contribution >= 4 is 5.78 Å². The number of allylic oxidation sites excluding steroid dienone is 5. The van der Waals surface area contributed by atoms with Crippen molar-refractivity contribution in [2.45, 2.75) is 208 Å². The van der Waals surface area contributed by atoms with Gasteiger partial charge in [-0.3, -0.25) is 4.79 Å². The Morgan fingerprint density at radius 1 is 0.622 bits per heavy atom. The Bertz CT molecular complexity index is 2000. The third-order valence-corrected chi connectivity index (χ3v) is 17.8. The highest BCUT2D eigenvalue weighted by molar-refractivity contribution is 5.84. The number of Topliss-reactive ketones (excluding diaryl/α,β-unsaturated/α-hetero) is 1. The standard InChI is InChI=1S/C51H80O23/c1-21(20-67-46-41(64)37(60)34(57)30(16-52)69-46)5-10-29(56)22(2)26-8-9-27-25-7-6-23-15-24(11-13-50(23,3)28(25)12-14-51(26,27)4)68-47-43(66)40(63)44(33(19-55)72-47)73-49-45(39(62)36(59)32(18-54)71-49)74-48-42(65)38(61)35(58)31(17-53)70-48/h6,8-9,21-22,24-25,28,30-49,52-55,57-66H,5,7,10-20H2,1-4H3/t21-,22+,24+,25+,28+,30-,31-,32-,33-,34-,35-,36-,37+,38+,39+,40-,41-,42-,43-,44+,45-,46-,47-,48+,49+,50+,51-/m1/s1. The Balaban J connectivity index is 0.854. The van der Waals surface area contributed by atoms with Gasteiger partial charge in [-0.1, -0.05) is 62.6 Å². The number of hydrogen-bond acceptors (Lipinski definition) is 23. The lowest BCUT2D eigenvalue weighted by atomic mass is 9.48. The van der Waals surface area contributed by atoms with E-state index in [0.29, 0.717) is 31.6 Å². The molecule has 422 valence electrons. The molecule has 2 saturated carbocycles. The molecule has 0 aromatic heterocycles. The Kier molecular flexibility index (Phi) is 18.7. The van der Waals surface area contributed by atoms with Gasteiger partial charge >= 0.3 is 0 Å². The van der Waals surface area contributed by atoms with Crippen LogP contribution >= 0.6 is 0 Å². The van der Waals surface area contributed by atoms with Gasteiger partial charge in [0.1, 0.15) is 103 Å². The van der Waals surface area contributed by atoms with Crippen LogP contribution < -0.4 is 0 Å². The highest BCUT2D eigenvalue weighted by atomic mass is 16.8. The van der Waals surface area contributed by atoms with Crippen LogP contribution in [0.4, 0.5) is 0 Å². The average molecular weight is 1060 g/mol. The maximum Gasteiger partial charge on any atom is 0.187 e. The van der Waals surface area contributed by atoms with E-state index in [1.165, 1.54) is 11.1 Å². The molecule has 27 atom stereocenters. The number of rotatable bonds is 18. The van der Waals surface area contributed by atoms with Crippen molar-refractivity contribution in [1.82, 2.24) is 0 Å². The van der Waals surface area contributed by atoms with Crippen molar-refractivity contribution in [3.63, 3.8) is 0 Å². The highest BCUT2D eigenvalue weighted by Crippen LogP contribution is 2.64. The fraction of sp³-hybridized carbons (Fsp3) is 0.863. The molecule has 4 aliphatic heterocycles. The van der Waals surface area contributed by atoms with E-state index in [1.54, 1.807) is 0 Å². The molecule has 14 N–H and O–H groups in total. The third kappa shape index (κ3) is 11.0. The van der Waals surface area contributed by atoms with Gasteiger partial charge in [0.15, 0.2) is 25.2 Å². The van der Waals surface area contributed by atoms with Gasteiger partial charge in [-0.15, -0.1) is 0 Å². The van der Waals surface area contributed by atoms with Crippen molar-refractivity contribution in [2.24, 2.45) is 34.5 Å². The second kappa shape index (κ2) is 23.8. The summed E-state index contributed by atoms with van der Waals surface area (Å²) in [5.41, 5.74) is 3.22. The molecule has 23 nitrogen and oxygen atoms in total. The van der Waals surface area contributed by atoms with Crippen LogP contribution in [-0.4, -0.2) is 239 Å². The predicted octanol–water partition coefficient (Wildman–Crippen LogP) is -3.32. The number of aliphatic hydroxyl groups excluding tert-OH is 14. The van der Waals surface area contributed by atoms with Crippen LogP contribution in [0.25, 0.3) is 0 Å². The van der Waals surface area contributed by atoms with Crippen LogP contribution in [0.1, 0.15) is 79.1 Å². The molecule has 4 heterocycles. The molecular weight excluding hydrogens is 981 g/mol. The predicted molar refractivity (Wildman–Crippen MR) is 251 cm³/mol. The number of aliphatic hydroxyl groups is 14. The summed E-state index contributed by atoms with van der Waals surface area (Å²) < 4.78 is 46.5. The lowest BCUT2D eigenvalue weighted by Gasteiger charge is -2.56. The van der Waals surface area contributed by atoms with Gasteiger partial charge in [-0.2, -0.15) is 0 Å². The fourth-order valence-electron chi connectivity index (χ4n) is 13.1. The largest absolute Gasteiger partial charge is 0.394 e. The second-order valence-electron chi connectivity index (χ2n) is 22.4. The van der Waals surface area contributed by atoms with Crippen LogP contribution in [0.5, 0.6) is 0 Å². The Hall–Kier alpha value is -1.99. The first kappa shape index (κ1) is 58.2. The van der Waals surface area contributed by atoms with Crippen LogP contribution in [0.15, 0.2) is 34.9 Å². The molecule has 74 heavy (non-hydrogen) atoms. The molecule has 0 aromatic carbocycles. The molecule has 0 spiro atoms. The maximum absolute atomic E-state index is 13.8. The summed E-state index contributed by atoms with van der Waals surface area (Å²) in [6, 6.07) is 0. The molecule has 4 saturated heterocycles. The molecule has 0 radical (unpaired) electrons. The second-order valence-corrected chi connectivity index (χ2v) is 22.4. The molecule has 8 aliphatic rings. The zero-order valence-corrected chi connectivity index (χ0v) is 42.3. The van der Waals surface area contributed by atoms with Gasteiger partial charge in [0.2, 0.25) is 0 Å². The first-order valence-electron chi connectivity index (χ1n) is 26.2. The van der Waals surface area contributed by atoms with Crippen molar-refractivity contribution in [1.29, 1.82) is 0 Å². The van der Waals surface area contributed by atoms with E-state index in [4.69, 9.17) is 37.9 Å². The lowest BCUT2D eigenvalue weighted by molar-refractivity contribution is -0.390. The van der Waals surface area contributed by atoms with E-state index in [2.05, 4.69) is 32.1 Å². The van der Waals surface area contributed by atoms with Crippen LogP contribution in [0.2, 0.25) is 0 Å². The number of carbonyl (C=O) groups is 1. The molecule has 0 aromatic rings. The Morgan fingerprint density at radius 2 is 1.15 bits per heavy atom. The number of fused-ring (bicyclic) bond motifs is 5. The van der Waals surface area contributed by atoms with Gasteiger partial charge < -0.3 is 109 Å². The molecule has 0 amide bonds. The van der Waals surface area contributed by atoms with Crippen molar-refractivity contribution in [2.75, 3.05) is 33.0 Å². The van der Waals surface area contributed by atoms with Gasteiger partial charge in [-0.05, 0) is 68.1 Å². The zero-order valence-electron chi connectivity index (χ0n) is 42.3. The molecule has 8 rings (SSSR count). The SMILES string of the molecule is C[C@H](CCC(=O)[C@@H](C)C1=CC=C2[C@@H]3CC=C4C[C@@H](O[C@@H]5O[C@H](CO)[C@H](O[C@@H]6O[C@H](CO)[C@@H](O)[C@H](O)[C@H]6O[C@@H]6O[C@H](CO)[C@@H](O)[C@H](O)[C@H]6O)[C@H](O)[C@H]5O)CC[C@]4(C)[C@H]3CC[C@]12C)CO[C@@H]1O[C@H](CO)[C@@H](O)[C@H](O)[C@H]1O. The third-order valence-electron chi connectivity index (χ3n) is 17.8. The first-order chi connectivity index (χ1) is 35.1. The maximum atomic E-state index is 13.8. The molecule has 0 unspecified atom stereocenters. The summed E-state index contributed by atoms with van der Waals surface area (Å²) in [6.45, 7) is 5.65. The quantitative estimate of drug-likeness (QED) is 0.0597. The van der Waals surface area contributed by atoms with Crippen molar-refractivity contribution in [3.8, 4) is 0 Å². The number of carbonyl (C=O) groups excluding carboxylic acids is 1. The topological polar surface area (TPSA) is 374 Å². The number of ether oxygens (including phenoxy) is 8. The normalized spacial score (nSPS) is 48.4. The van der Waals surface area contributed by atoms with E-state index in [9.17, 15) is 76.3 Å². The van der Waals surface area contributed by atoms with E-state index in [-0.39, 0.29) is 41.0 Å². The van der Waals surface area contributed by atoms with E-state index >= 15 is 0 Å². The first-order valence-corrected chi connectivity index (χ1v) is 26.2.